The van der Waals surface area contributed by atoms with E-state index in [0.717, 1.165) is 23.7 Å². The Bertz CT molecular complexity index is 312. The quantitative estimate of drug-likeness (QED) is 0.775. The first-order valence-electron chi connectivity index (χ1n) is 7.14. The van der Waals surface area contributed by atoms with E-state index in [0.29, 0.717) is 24.3 Å². The van der Waals surface area contributed by atoms with Crippen molar-refractivity contribution in [3.8, 4) is 0 Å². The van der Waals surface area contributed by atoms with E-state index in [4.69, 9.17) is 5.73 Å². The van der Waals surface area contributed by atoms with Gasteiger partial charge in [-0.1, -0.05) is 13.8 Å². The summed E-state index contributed by atoms with van der Waals surface area (Å²) in [6, 6.07) is 0.154. The van der Waals surface area contributed by atoms with Crippen LogP contribution >= 0.6 is 0 Å². The summed E-state index contributed by atoms with van der Waals surface area (Å²) in [6.07, 6.45) is 4.16. The number of hydrogen-bond donors (Lipinski definition) is 2. The number of nitrogens with one attached hydrogen (secondary N) is 1. The Hall–Kier alpha value is -0.570. The SMILES string of the molecule is CC(C)C(CN)NC(=O)C1C2C3CCC(C3)C12. The molecule has 3 rings (SSSR count). The molecule has 3 N–H and O–H groups in total. The molecule has 1 amide bonds. The zero-order valence-electron chi connectivity index (χ0n) is 10.9. The molecule has 0 aromatic rings. The fraction of sp³-hybridized carbons (Fsp3) is 0.929. The molecular formula is C14H24N2O. The molecule has 0 aromatic carbocycles. The van der Waals surface area contributed by atoms with Crippen molar-refractivity contribution >= 4 is 5.91 Å². The van der Waals surface area contributed by atoms with Crippen LogP contribution in [0.2, 0.25) is 0 Å². The maximum absolute atomic E-state index is 12.2. The van der Waals surface area contributed by atoms with Crippen molar-refractivity contribution < 1.29 is 4.79 Å². The van der Waals surface area contributed by atoms with Crippen molar-refractivity contribution in [1.29, 1.82) is 0 Å². The molecule has 3 aliphatic rings. The molecule has 0 heterocycles. The normalized spacial score (nSPS) is 43.6. The molecule has 0 aromatic heterocycles. The van der Waals surface area contributed by atoms with E-state index in [1.54, 1.807) is 0 Å². The minimum atomic E-state index is 0.154. The molecule has 17 heavy (non-hydrogen) atoms. The van der Waals surface area contributed by atoms with Gasteiger partial charge >= 0.3 is 0 Å². The molecule has 0 radical (unpaired) electrons. The Kier molecular flexibility index (Phi) is 2.69. The molecule has 3 nitrogen and oxygen atoms in total. The Morgan fingerprint density at radius 1 is 1.29 bits per heavy atom. The second kappa shape index (κ2) is 3.98. The monoisotopic (exact) mass is 236 g/mol. The third kappa shape index (κ3) is 1.70. The largest absolute Gasteiger partial charge is 0.352 e. The van der Waals surface area contributed by atoms with Crippen molar-refractivity contribution in [1.82, 2.24) is 5.32 Å². The molecule has 0 aliphatic heterocycles. The second-order valence-corrected chi connectivity index (χ2v) is 6.61. The van der Waals surface area contributed by atoms with E-state index in [9.17, 15) is 4.79 Å². The van der Waals surface area contributed by atoms with Gasteiger partial charge in [0.25, 0.3) is 0 Å². The maximum atomic E-state index is 12.2. The van der Waals surface area contributed by atoms with Gasteiger partial charge in [0.15, 0.2) is 0 Å². The minimum Gasteiger partial charge on any atom is -0.352 e. The van der Waals surface area contributed by atoms with Crippen LogP contribution in [0.25, 0.3) is 0 Å². The Morgan fingerprint density at radius 3 is 2.35 bits per heavy atom. The standard InChI is InChI=1S/C14H24N2O/c1-7(2)10(6-15)16-14(17)13-11-8-3-4-9(5-8)12(11)13/h7-13H,3-6,15H2,1-2H3,(H,16,17). The number of hydrogen-bond acceptors (Lipinski definition) is 2. The van der Waals surface area contributed by atoms with Crippen LogP contribution < -0.4 is 11.1 Å². The minimum absolute atomic E-state index is 0.154. The number of carbonyl (C=O) groups is 1. The van der Waals surface area contributed by atoms with E-state index in [1.807, 2.05) is 0 Å². The fourth-order valence-electron chi connectivity index (χ4n) is 4.45. The van der Waals surface area contributed by atoms with Crippen LogP contribution in [0.5, 0.6) is 0 Å². The molecule has 3 heteroatoms. The molecule has 3 fully saturated rings. The van der Waals surface area contributed by atoms with Gasteiger partial charge in [0, 0.05) is 18.5 Å². The molecule has 3 aliphatic carbocycles. The smallest absolute Gasteiger partial charge is 0.223 e. The lowest BCUT2D eigenvalue weighted by molar-refractivity contribution is -0.124. The third-order valence-electron chi connectivity index (χ3n) is 5.42. The van der Waals surface area contributed by atoms with Crippen LogP contribution in [0, 0.1) is 35.5 Å². The van der Waals surface area contributed by atoms with Crippen LogP contribution in [0.15, 0.2) is 0 Å². The predicted molar refractivity (Wildman–Crippen MR) is 67.1 cm³/mol. The van der Waals surface area contributed by atoms with Crippen LogP contribution in [-0.4, -0.2) is 18.5 Å². The fourth-order valence-corrected chi connectivity index (χ4v) is 4.45. The van der Waals surface area contributed by atoms with Gasteiger partial charge in [-0.05, 0) is 48.9 Å². The lowest BCUT2D eigenvalue weighted by Crippen LogP contribution is -2.45. The van der Waals surface area contributed by atoms with Crippen LogP contribution in [0.3, 0.4) is 0 Å². The number of amides is 1. The zero-order valence-corrected chi connectivity index (χ0v) is 10.9. The average Bonchev–Trinajstić information content (AvgIpc) is 2.75. The van der Waals surface area contributed by atoms with Gasteiger partial charge in [-0.2, -0.15) is 0 Å². The molecule has 5 unspecified atom stereocenters. The van der Waals surface area contributed by atoms with Gasteiger partial charge in [0.1, 0.15) is 0 Å². The van der Waals surface area contributed by atoms with Crippen LogP contribution in [0.4, 0.5) is 0 Å². The Balaban J connectivity index is 1.58. The van der Waals surface area contributed by atoms with Crippen molar-refractivity contribution in [3.05, 3.63) is 0 Å². The van der Waals surface area contributed by atoms with Gasteiger partial charge in [-0.3, -0.25) is 4.79 Å². The topological polar surface area (TPSA) is 55.1 Å². The first-order chi connectivity index (χ1) is 8.13. The summed E-state index contributed by atoms with van der Waals surface area (Å²) >= 11 is 0. The molecule has 2 bridgehead atoms. The summed E-state index contributed by atoms with van der Waals surface area (Å²) in [5, 5.41) is 3.16. The van der Waals surface area contributed by atoms with Crippen molar-refractivity contribution in [2.45, 2.75) is 39.2 Å². The lowest BCUT2D eigenvalue weighted by atomic mass is 10.0. The first-order valence-corrected chi connectivity index (χ1v) is 7.14. The predicted octanol–water partition coefficient (Wildman–Crippen LogP) is 1.38. The average molecular weight is 236 g/mol. The summed E-state index contributed by atoms with van der Waals surface area (Å²) in [4.78, 5) is 12.2. The van der Waals surface area contributed by atoms with Crippen molar-refractivity contribution in [2.75, 3.05) is 6.54 Å². The van der Waals surface area contributed by atoms with Gasteiger partial charge in [-0.15, -0.1) is 0 Å². The first kappa shape index (κ1) is 11.5. The van der Waals surface area contributed by atoms with Gasteiger partial charge in [-0.25, -0.2) is 0 Å². The van der Waals surface area contributed by atoms with Crippen molar-refractivity contribution in [2.24, 2.45) is 41.2 Å². The lowest BCUT2D eigenvalue weighted by Gasteiger charge is -2.21. The number of fused-ring (bicyclic) bond motifs is 5. The highest BCUT2D eigenvalue weighted by molar-refractivity contribution is 5.83. The molecular weight excluding hydrogens is 212 g/mol. The zero-order chi connectivity index (χ0) is 12.2. The van der Waals surface area contributed by atoms with Gasteiger partial charge in [0.2, 0.25) is 5.91 Å². The second-order valence-electron chi connectivity index (χ2n) is 6.61. The summed E-state index contributed by atoms with van der Waals surface area (Å²) in [6.45, 7) is 4.79. The molecule has 0 spiro atoms. The summed E-state index contributed by atoms with van der Waals surface area (Å²) < 4.78 is 0. The summed E-state index contributed by atoms with van der Waals surface area (Å²) in [5.41, 5.74) is 5.71. The van der Waals surface area contributed by atoms with Crippen LogP contribution in [0.1, 0.15) is 33.1 Å². The van der Waals surface area contributed by atoms with E-state index in [2.05, 4.69) is 19.2 Å². The Labute approximate surface area is 104 Å². The van der Waals surface area contributed by atoms with Crippen LogP contribution in [-0.2, 0) is 4.79 Å². The van der Waals surface area contributed by atoms with Gasteiger partial charge < -0.3 is 11.1 Å². The van der Waals surface area contributed by atoms with E-state index < -0.39 is 0 Å². The number of carbonyl (C=O) groups excluding carboxylic acids is 1. The molecule has 3 saturated carbocycles. The molecule has 96 valence electrons. The molecule has 0 saturated heterocycles. The molecule has 5 atom stereocenters. The highest BCUT2D eigenvalue weighted by Gasteiger charge is 2.67. The van der Waals surface area contributed by atoms with Gasteiger partial charge in [0.05, 0.1) is 0 Å². The maximum Gasteiger partial charge on any atom is 0.223 e. The highest BCUT2D eigenvalue weighted by Crippen LogP contribution is 2.69. The van der Waals surface area contributed by atoms with E-state index >= 15 is 0 Å². The number of nitrogens with two attached hydrogens (primary N) is 1. The Morgan fingerprint density at radius 2 is 1.88 bits per heavy atom. The summed E-state index contributed by atoms with van der Waals surface area (Å²) in [5.74, 6) is 4.28. The van der Waals surface area contributed by atoms with E-state index in [1.165, 1.54) is 19.3 Å². The third-order valence-corrected chi connectivity index (χ3v) is 5.42. The number of rotatable bonds is 4. The van der Waals surface area contributed by atoms with Crippen molar-refractivity contribution in [3.63, 3.8) is 0 Å². The van der Waals surface area contributed by atoms with E-state index in [-0.39, 0.29) is 6.04 Å². The highest BCUT2D eigenvalue weighted by atomic mass is 16.2. The summed E-state index contributed by atoms with van der Waals surface area (Å²) in [7, 11) is 0.